The normalized spacial score (nSPS) is 10.9. The van der Waals surface area contributed by atoms with E-state index >= 15 is 0 Å². The summed E-state index contributed by atoms with van der Waals surface area (Å²) in [6.07, 6.45) is 0.945. The molecule has 0 aliphatic heterocycles. The van der Waals surface area contributed by atoms with Gasteiger partial charge in [0.1, 0.15) is 6.61 Å². The lowest BCUT2D eigenvalue weighted by molar-refractivity contribution is 0.284. The van der Waals surface area contributed by atoms with Crippen molar-refractivity contribution < 1.29 is 9.47 Å². The Morgan fingerprint density at radius 3 is 2.54 bits per heavy atom. The van der Waals surface area contributed by atoms with Gasteiger partial charge in [0.2, 0.25) is 5.16 Å². The van der Waals surface area contributed by atoms with Crippen LogP contribution in [0.5, 0.6) is 11.5 Å². The molecule has 0 atom stereocenters. The van der Waals surface area contributed by atoms with Gasteiger partial charge < -0.3 is 14.8 Å². The van der Waals surface area contributed by atoms with Crippen molar-refractivity contribution in [3.05, 3.63) is 87.9 Å². The fourth-order valence-electron chi connectivity index (χ4n) is 3.34. The summed E-state index contributed by atoms with van der Waals surface area (Å²) in [4.78, 5) is 0. The molecule has 35 heavy (non-hydrogen) atoms. The maximum absolute atomic E-state index is 6.52. The van der Waals surface area contributed by atoms with Crippen LogP contribution < -0.4 is 14.8 Å². The average Bonchev–Trinajstić information content (AvgIpc) is 3.35. The molecule has 0 saturated heterocycles. The maximum atomic E-state index is 6.52. The Morgan fingerprint density at radius 1 is 0.943 bits per heavy atom. The summed E-state index contributed by atoms with van der Waals surface area (Å²) in [6.45, 7) is 1.77. The smallest absolute Gasteiger partial charge is 0.214 e. The SMILES string of the molecule is COc1cc(CNCCCSc2nnnn2-c2ccccc2)c(Cl)cc1OCc1ccccc1Cl. The van der Waals surface area contributed by atoms with E-state index in [1.165, 1.54) is 0 Å². The lowest BCUT2D eigenvalue weighted by atomic mass is 10.2. The highest BCUT2D eigenvalue weighted by Crippen LogP contribution is 2.34. The second kappa shape index (κ2) is 12.8. The van der Waals surface area contributed by atoms with Crippen LogP contribution in [0.15, 0.2) is 71.9 Å². The molecule has 0 aliphatic rings. The van der Waals surface area contributed by atoms with Gasteiger partial charge in [-0.3, -0.25) is 0 Å². The highest BCUT2D eigenvalue weighted by molar-refractivity contribution is 7.99. The van der Waals surface area contributed by atoms with E-state index in [0.29, 0.717) is 34.7 Å². The Kier molecular flexibility index (Phi) is 9.25. The van der Waals surface area contributed by atoms with E-state index in [-0.39, 0.29) is 0 Å². The summed E-state index contributed by atoms with van der Waals surface area (Å²) in [5.41, 5.74) is 2.78. The Morgan fingerprint density at radius 2 is 1.74 bits per heavy atom. The third-order valence-electron chi connectivity index (χ3n) is 5.16. The van der Waals surface area contributed by atoms with E-state index in [0.717, 1.165) is 40.7 Å². The van der Waals surface area contributed by atoms with Gasteiger partial charge in [-0.1, -0.05) is 71.4 Å². The van der Waals surface area contributed by atoms with Crippen LogP contribution >= 0.6 is 35.0 Å². The zero-order valence-electron chi connectivity index (χ0n) is 19.2. The number of hydrogen-bond donors (Lipinski definition) is 1. The quantitative estimate of drug-likeness (QED) is 0.183. The number of rotatable bonds is 12. The lowest BCUT2D eigenvalue weighted by Gasteiger charge is -2.15. The van der Waals surface area contributed by atoms with Crippen molar-refractivity contribution in [2.45, 2.75) is 24.7 Å². The van der Waals surface area contributed by atoms with E-state index in [1.54, 1.807) is 29.6 Å². The van der Waals surface area contributed by atoms with Crippen molar-refractivity contribution in [1.82, 2.24) is 25.5 Å². The number of methoxy groups -OCH3 is 1. The molecule has 7 nitrogen and oxygen atoms in total. The molecule has 1 heterocycles. The summed E-state index contributed by atoms with van der Waals surface area (Å²) >= 11 is 14.4. The van der Waals surface area contributed by atoms with Crippen LogP contribution in [0.4, 0.5) is 0 Å². The number of benzene rings is 3. The number of thioether (sulfide) groups is 1. The number of aromatic nitrogens is 4. The van der Waals surface area contributed by atoms with Crippen molar-refractivity contribution in [1.29, 1.82) is 0 Å². The number of hydrogen-bond acceptors (Lipinski definition) is 7. The first kappa shape index (κ1) is 25.3. The van der Waals surface area contributed by atoms with E-state index in [2.05, 4.69) is 20.8 Å². The van der Waals surface area contributed by atoms with Gasteiger partial charge in [-0.2, -0.15) is 4.68 Å². The van der Waals surface area contributed by atoms with Gasteiger partial charge in [0.05, 0.1) is 12.8 Å². The summed E-state index contributed by atoms with van der Waals surface area (Å²) in [5, 5.41) is 17.5. The molecule has 1 N–H and O–H groups in total. The fraction of sp³-hybridized carbons (Fsp3) is 0.240. The summed E-state index contributed by atoms with van der Waals surface area (Å²) in [7, 11) is 1.61. The minimum atomic E-state index is 0.329. The summed E-state index contributed by atoms with van der Waals surface area (Å²) < 4.78 is 13.2. The molecule has 0 amide bonds. The molecule has 0 radical (unpaired) electrons. The Hall–Kier alpha value is -2.78. The first-order valence-electron chi connectivity index (χ1n) is 11.1. The maximum Gasteiger partial charge on any atom is 0.214 e. The van der Waals surface area contributed by atoms with Gasteiger partial charge >= 0.3 is 0 Å². The van der Waals surface area contributed by atoms with Gasteiger partial charge in [-0.15, -0.1) is 5.10 Å². The number of halogens is 2. The number of ether oxygens (including phenoxy) is 2. The zero-order chi connectivity index (χ0) is 24.5. The third-order valence-corrected chi connectivity index (χ3v) is 6.89. The van der Waals surface area contributed by atoms with Crippen LogP contribution in [0, 0.1) is 0 Å². The van der Waals surface area contributed by atoms with Crippen molar-refractivity contribution in [3.63, 3.8) is 0 Å². The van der Waals surface area contributed by atoms with E-state index in [9.17, 15) is 0 Å². The molecule has 182 valence electrons. The van der Waals surface area contributed by atoms with Gasteiger partial charge in [0.25, 0.3) is 0 Å². The second-order valence-corrected chi connectivity index (χ2v) is 9.44. The molecule has 3 aromatic carbocycles. The molecule has 0 unspecified atom stereocenters. The van der Waals surface area contributed by atoms with Crippen molar-refractivity contribution in [2.75, 3.05) is 19.4 Å². The second-order valence-electron chi connectivity index (χ2n) is 7.56. The molecular formula is C25H25Cl2N5O2S. The van der Waals surface area contributed by atoms with E-state index in [4.69, 9.17) is 32.7 Å². The largest absolute Gasteiger partial charge is 0.493 e. The number of nitrogens with zero attached hydrogens (tertiary/aromatic N) is 4. The molecule has 4 rings (SSSR count). The highest BCUT2D eigenvalue weighted by atomic mass is 35.5. The first-order valence-corrected chi connectivity index (χ1v) is 12.8. The monoisotopic (exact) mass is 529 g/mol. The number of tetrazole rings is 1. The van der Waals surface area contributed by atoms with Crippen LogP contribution in [-0.4, -0.2) is 39.6 Å². The molecule has 0 saturated carbocycles. The molecule has 0 spiro atoms. The molecule has 0 bridgehead atoms. The number of para-hydroxylation sites is 1. The number of nitrogens with one attached hydrogen (secondary N) is 1. The van der Waals surface area contributed by atoms with Gasteiger partial charge in [-0.25, -0.2) is 0 Å². The van der Waals surface area contributed by atoms with Crippen molar-refractivity contribution in [3.8, 4) is 17.2 Å². The van der Waals surface area contributed by atoms with Crippen LogP contribution in [-0.2, 0) is 13.2 Å². The third kappa shape index (κ3) is 6.89. The Bertz CT molecular complexity index is 1240. The van der Waals surface area contributed by atoms with Crippen LogP contribution in [0.3, 0.4) is 0 Å². The van der Waals surface area contributed by atoms with Gasteiger partial charge in [0.15, 0.2) is 11.5 Å². The fourth-order valence-corrected chi connectivity index (χ4v) is 4.58. The van der Waals surface area contributed by atoms with E-state index < -0.39 is 0 Å². The van der Waals surface area contributed by atoms with Crippen molar-refractivity contribution in [2.24, 2.45) is 0 Å². The van der Waals surface area contributed by atoms with Gasteiger partial charge in [0, 0.05) is 34.0 Å². The van der Waals surface area contributed by atoms with Gasteiger partial charge in [-0.05, 0) is 53.2 Å². The minimum Gasteiger partial charge on any atom is -0.493 e. The Balaban J connectivity index is 1.25. The molecule has 4 aromatic rings. The zero-order valence-corrected chi connectivity index (χ0v) is 21.5. The molecule has 10 heteroatoms. The highest BCUT2D eigenvalue weighted by Gasteiger charge is 2.12. The summed E-state index contributed by atoms with van der Waals surface area (Å²) in [6, 6.07) is 21.1. The first-order chi connectivity index (χ1) is 17.2. The average molecular weight is 530 g/mol. The van der Waals surface area contributed by atoms with Crippen LogP contribution in [0.1, 0.15) is 17.5 Å². The van der Waals surface area contributed by atoms with Crippen LogP contribution in [0.25, 0.3) is 5.69 Å². The van der Waals surface area contributed by atoms with Crippen LogP contribution in [0.2, 0.25) is 10.0 Å². The predicted octanol–water partition coefficient (Wildman–Crippen LogP) is 5.83. The Labute approximate surface area is 218 Å². The van der Waals surface area contributed by atoms with Crippen molar-refractivity contribution >= 4 is 35.0 Å². The lowest BCUT2D eigenvalue weighted by Crippen LogP contribution is -2.16. The standard InChI is InChI=1S/C25H25Cl2N5O2S/c1-33-23-14-19(22(27)15-24(23)34-17-18-8-5-6-11-21(18)26)16-28-12-7-13-35-25-29-30-31-32(25)20-9-3-2-4-10-20/h2-6,8-11,14-15,28H,7,12-13,16-17H2,1H3. The minimum absolute atomic E-state index is 0.329. The van der Waals surface area contributed by atoms with E-state index in [1.807, 2.05) is 60.7 Å². The molecule has 0 fully saturated rings. The molecule has 1 aromatic heterocycles. The summed E-state index contributed by atoms with van der Waals surface area (Å²) in [5.74, 6) is 2.08. The predicted molar refractivity (Wildman–Crippen MR) is 140 cm³/mol. The molecule has 0 aliphatic carbocycles. The molecular weight excluding hydrogens is 505 g/mol. The topological polar surface area (TPSA) is 74.1 Å².